The average Bonchev–Trinajstić information content (AvgIpc) is 3.35. The number of fused-ring (bicyclic) bond motifs is 1. The smallest absolute Gasteiger partial charge is 0.266 e. The number of carbonyl (C=O) groups excluding carboxylic acids is 2. The minimum atomic E-state index is -0.113. The molecule has 0 atom stereocenters. The summed E-state index contributed by atoms with van der Waals surface area (Å²) in [4.78, 5) is 31.5. The Hall–Kier alpha value is -1.70. The predicted octanol–water partition coefficient (Wildman–Crippen LogP) is 2.30. The summed E-state index contributed by atoms with van der Waals surface area (Å²) in [5.74, 6) is -0.0103. The van der Waals surface area contributed by atoms with Gasteiger partial charge in [0.25, 0.3) is 11.8 Å². The summed E-state index contributed by atoms with van der Waals surface area (Å²) < 4.78 is 0. The van der Waals surface area contributed by atoms with Crippen molar-refractivity contribution in [2.24, 2.45) is 0 Å². The van der Waals surface area contributed by atoms with Gasteiger partial charge in [-0.25, -0.2) is 0 Å². The fraction of sp³-hybridized carbons (Fsp3) is 0.500. The largest absolute Gasteiger partial charge is 0.332 e. The van der Waals surface area contributed by atoms with Gasteiger partial charge in [0.1, 0.15) is 5.00 Å². The molecule has 7 heteroatoms. The highest BCUT2D eigenvalue weighted by Gasteiger charge is 2.31. The van der Waals surface area contributed by atoms with Gasteiger partial charge in [-0.3, -0.25) is 9.59 Å². The van der Waals surface area contributed by atoms with E-state index in [0.717, 1.165) is 69.0 Å². The highest BCUT2D eigenvalue weighted by molar-refractivity contribution is 7.17. The van der Waals surface area contributed by atoms with Gasteiger partial charge in [0.2, 0.25) is 0 Å². The van der Waals surface area contributed by atoms with Crippen LogP contribution in [0.5, 0.6) is 0 Å². The zero-order valence-corrected chi connectivity index (χ0v) is 17.3. The standard InChI is InChI=1S/C20H25N3O2S2/c1-2-22-9-11-23(12-10-22)20(25)17-14-6-3-4-7-15(14)27-19(17)21-18(24)16-8-5-13-26-16/h5,8,13H,2-4,6-7,9-12H2,1H3,(H,21,24)/p+1. The summed E-state index contributed by atoms with van der Waals surface area (Å²) in [6.07, 6.45) is 4.25. The van der Waals surface area contributed by atoms with Gasteiger partial charge in [-0.15, -0.1) is 22.7 Å². The van der Waals surface area contributed by atoms with Gasteiger partial charge < -0.3 is 15.1 Å². The molecule has 1 aliphatic heterocycles. The van der Waals surface area contributed by atoms with E-state index in [1.165, 1.54) is 21.8 Å². The van der Waals surface area contributed by atoms with Crippen LogP contribution in [-0.2, 0) is 12.8 Å². The average molecular weight is 405 g/mol. The predicted molar refractivity (Wildman–Crippen MR) is 110 cm³/mol. The number of hydrogen-bond donors (Lipinski definition) is 2. The van der Waals surface area contributed by atoms with Crippen LogP contribution in [0.25, 0.3) is 0 Å². The van der Waals surface area contributed by atoms with Gasteiger partial charge in [-0.2, -0.15) is 0 Å². The number of rotatable bonds is 4. The second-order valence-electron chi connectivity index (χ2n) is 7.24. The molecule has 2 aromatic rings. The first kappa shape index (κ1) is 18.7. The Morgan fingerprint density at radius 2 is 2.00 bits per heavy atom. The first-order valence-electron chi connectivity index (χ1n) is 9.79. The van der Waals surface area contributed by atoms with Crippen LogP contribution in [0.15, 0.2) is 17.5 Å². The van der Waals surface area contributed by atoms with Crippen LogP contribution in [0.4, 0.5) is 5.00 Å². The van der Waals surface area contributed by atoms with Gasteiger partial charge >= 0.3 is 0 Å². The van der Waals surface area contributed by atoms with E-state index in [1.807, 2.05) is 22.4 Å². The van der Waals surface area contributed by atoms with Crippen LogP contribution in [0.2, 0.25) is 0 Å². The fourth-order valence-electron chi connectivity index (χ4n) is 3.99. The molecular weight excluding hydrogens is 378 g/mol. The van der Waals surface area contributed by atoms with Crippen LogP contribution < -0.4 is 10.2 Å². The van der Waals surface area contributed by atoms with E-state index < -0.39 is 0 Å². The molecule has 4 rings (SSSR count). The first-order valence-corrected chi connectivity index (χ1v) is 11.5. The number of likely N-dealkylation sites (N-methyl/N-ethyl adjacent to an activating group) is 1. The summed E-state index contributed by atoms with van der Waals surface area (Å²) >= 11 is 3.03. The number of thiophene rings is 2. The highest BCUT2D eigenvalue weighted by atomic mass is 32.1. The maximum absolute atomic E-state index is 13.4. The Labute approximate surface area is 168 Å². The molecule has 0 bridgehead atoms. The van der Waals surface area contributed by atoms with E-state index in [2.05, 4.69) is 12.2 Å². The van der Waals surface area contributed by atoms with Crippen molar-refractivity contribution in [3.63, 3.8) is 0 Å². The minimum absolute atomic E-state index is 0.103. The lowest BCUT2D eigenvalue weighted by Gasteiger charge is -2.32. The number of hydrogen-bond acceptors (Lipinski definition) is 4. The number of anilines is 1. The van der Waals surface area contributed by atoms with Crippen LogP contribution in [0.1, 0.15) is 50.2 Å². The lowest BCUT2D eigenvalue weighted by Crippen LogP contribution is -3.14. The Kier molecular flexibility index (Phi) is 5.61. The molecule has 144 valence electrons. The Morgan fingerprint density at radius 1 is 1.22 bits per heavy atom. The Bertz CT molecular complexity index is 821. The molecule has 2 N–H and O–H groups in total. The van der Waals surface area contributed by atoms with Gasteiger partial charge in [-0.05, 0) is 49.6 Å². The van der Waals surface area contributed by atoms with E-state index in [1.54, 1.807) is 16.2 Å². The molecule has 0 spiro atoms. The molecule has 0 radical (unpaired) electrons. The number of carbonyl (C=O) groups is 2. The number of nitrogens with one attached hydrogen (secondary N) is 2. The normalized spacial score (nSPS) is 17.6. The monoisotopic (exact) mass is 404 g/mol. The molecule has 5 nitrogen and oxygen atoms in total. The van der Waals surface area contributed by atoms with E-state index in [-0.39, 0.29) is 11.8 Å². The molecule has 2 amide bonds. The quantitative estimate of drug-likeness (QED) is 0.822. The van der Waals surface area contributed by atoms with E-state index in [0.29, 0.717) is 4.88 Å². The number of quaternary nitrogens is 1. The lowest BCUT2D eigenvalue weighted by atomic mass is 9.95. The van der Waals surface area contributed by atoms with E-state index >= 15 is 0 Å². The van der Waals surface area contributed by atoms with Crippen molar-refractivity contribution in [3.05, 3.63) is 38.4 Å². The van der Waals surface area contributed by atoms with Crippen molar-refractivity contribution in [2.75, 3.05) is 38.0 Å². The lowest BCUT2D eigenvalue weighted by molar-refractivity contribution is -0.902. The van der Waals surface area contributed by atoms with Crippen LogP contribution in [0.3, 0.4) is 0 Å². The van der Waals surface area contributed by atoms with Crippen molar-refractivity contribution in [1.82, 2.24) is 4.90 Å². The van der Waals surface area contributed by atoms with Gasteiger partial charge in [0.15, 0.2) is 0 Å². The van der Waals surface area contributed by atoms with E-state index in [9.17, 15) is 9.59 Å². The van der Waals surface area contributed by atoms with Crippen LogP contribution in [0, 0.1) is 0 Å². The zero-order valence-electron chi connectivity index (χ0n) is 15.7. The summed E-state index contributed by atoms with van der Waals surface area (Å²) in [5.41, 5.74) is 1.95. The molecule has 27 heavy (non-hydrogen) atoms. The SMILES string of the molecule is CC[NH+]1CCN(C(=O)c2c(NC(=O)c3cccs3)sc3c2CCCC3)CC1. The zero-order chi connectivity index (χ0) is 18.8. The Morgan fingerprint density at radius 3 is 2.70 bits per heavy atom. The molecule has 1 fully saturated rings. The van der Waals surface area contributed by atoms with Gasteiger partial charge in [-0.1, -0.05) is 6.07 Å². The summed E-state index contributed by atoms with van der Waals surface area (Å²) in [6.45, 7) is 6.91. The number of amides is 2. The second kappa shape index (κ2) is 8.12. The van der Waals surface area contributed by atoms with Gasteiger partial charge in [0.05, 0.1) is 43.2 Å². The third kappa shape index (κ3) is 3.81. The summed E-state index contributed by atoms with van der Waals surface area (Å²) in [6, 6.07) is 3.70. The molecule has 0 unspecified atom stereocenters. The molecule has 0 aromatic carbocycles. The Balaban J connectivity index is 1.61. The maximum atomic E-state index is 13.4. The molecule has 2 aromatic heterocycles. The van der Waals surface area contributed by atoms with Crippen molar-refractivity contribution in [2.45, 2.75) is 32.6 Å². The molecule has 1 aliphatic carbocycles. The minimum Gasteiger partial charge on any atom is -0.332 e. The third-order valence-electron chi connectivity index (χ3n) is 5.61. The molecular formula is C20H26N3O2S2+. The highest BCUT2D eigenvalue weighted by Crippen LogP contribution is 2.39. The van der Waals surface area contributed by atoms with Crippen molar-refractivity contribution < 1.29 is 14.5 Å². The topological polar surface area (TPSA) is 53.9 Å². The molecule has 1 saturated heterocycles. The molecule has 0 saturated carbocycles. The third-order valence-corrected chi connectivity index (χ3v) is 7.69. The maximum Gasteiger partial charge on any atom is 0.266 e. The second-order valence-corrected chi connectivity index (χ2v) is 9.30. The van der Waals surface area contributed by atoms with Gasteiger partial charge in [0, 0.05) is 4.88 Å². The number of nitrogens with zero attached hydrogens (tertiary/aromatic N) is 1. The van der Waals surface area contributed by atoms with Crippen LogP contribution in [-0.4, -0.2) is 49.4 Å². The van der Waals surface area contributed by atoms with Crippen molar-refractivity contribution in [3.8, 4) is 0 Å². The number of aryl methyl sites for hydroxylation is 1. The molecule has 3 heterocycles. The first-order chi connectivity index (χ1) is 13.2. The summed E-state index contributed by atoms with van der Waals surface area (Å²) in [7, 11) is 0. The van der Waals surface area contributed by atoms with Crippen molar-refractivity contribution >= 4 is 39.5 Å². The number of piperazine rings is 1. The molecule has 2 aliphatic rings. The van der Waals surface area contributed by atoms with E-state index in [4.69, 9.17) is 0 Å². The van der Waals surface area contributed by atoms with Crippen LogP contribution >= 0.6 is 22.7 Å². The van der Waals surface area contributed by atoms with Crippen molar-refractivity contribution in [1.29, 1.82) is 0 Å². The summed E-state index contributed by atoms with van der Waals surface area (Å²) in [5, 5.41) is 5.69. The fourth-order valence-corrected chi connectivity index (χ4v) is 5.89.